The second-order valence-corrected chi connectivity index (χ2v) is 7.85. The molecule has 4 nitrogen and oxygen atoms in total. The largest absolute Gasteiger partial charge is 0.492 e. The van der Waals surface area contributed by atoms with E-state index in [0.717, 1.165) is 22.6 Å². The summed E-state index contributed by atoms with van der Waals surface area (Å²) >= 11 is 1.26. The van der Waals surface area contributed by atoms with Crippen LogP contribution in [0.3, 0.4) is 0 Å². The molecule has 0 saturated heterocycles. The van der Waals surface area contributed by atoms with Gasteiger partial charge in [0.15, 0.2) is 0 Å². The Morgan fingerprint density at radius 3 is 2.62 bits per heavy atom. The van der Waals surface area contributed by atoms with Crippen molar-refractivity contribution in [3.05, 3.63) is 46.8 Å². The summed E-state index contributed by atoms with van der Waals surface area (Å²) in [6, 6.07) is 11.2. The van der Waals surface area contributed by atoms with E-state index in [1.54, 1.807) is 12.1 Å². The molecule has 0 aliphatic heterocycles. The lowest BCUT2D eigenvalue weighted by Gasteiger charge is -2.10. The van der Waals surface area contributed by atoms with Gasteiger partial charge in [0.05, 0.1) is 0 Å². The predicted octanol–water partition coefficient (Wildman–Crippen LogP) is 2.98. The number of benzene rings is 1. The highest BCUT2D eigenvalue weighted by Crippen LogP contribution is 2.20. The standard InChI is InChI=1S/C15H19NO3S2/c1-3-13-6-4-5-7-14(13)19-11-10-16-21(17,18)15-9-8-12(2)20-15/h4-9,16H,3,10-11H2,1-2H3. The fourth-order valence-electron chi connectivity index (χ4n) is 1.90. The van der Waals surface area contributed by atoms with Gasteiger partial charge in [-0.1, -0.05) is 25.1 Å². The van der Waals surface area contributed by atoms with Crippen LogP contribution in [0.2, 0.25) is 0 Å². The van der Waals surface area contributed by atoms with Gasteiger partial charge in [-0.05, 0) is 37.1 Å². The fourth-order valence-corrected chi connectivity index (χ4v) is 4.24. The van der Waals surface area contributed by atoms with Gasteiger partial charge in [0.1, 0.15) is 16.6 Å². The van der Waals surface area contributed by atoms with E-state index in [2.05, 4.69) is 11.6 Å². The van der Waals surface area contributed by atoms with Gasteiger partial charge >= 0.3 is 0 Å². The van der Waals surface area contributed by atoms with Gasteiger partial charge in [0.25, 0.3) is 0 Å². The molecule has 21 heavy (non-hydrogen) atoms. The SMILES string of the molecule is CCc1ccccc1OCCNS(=O)(=O)c1ccc(C)s1. The maximum absolute atomic E-state index is 12.0. The molecule has 0 unspecified atom stereocenters. The van der Waals surface area contributed by atoms with Crippen LogP contribution < -0.4 is 9.46 Å². The molecule has 0 bridgehead atoms. The van der Waals surface area contributed by atoms with E-state index in [0.29, 0.717) is 10.8 Å². The van der Waals surface area contributed by atoms with Crippen LogP contribution in [0.5, 0.6) is 5.75 Å². The van der Waals surface area contributed by atoms with Crippen molar-refractivity contribution >= 4 is 21.4 Å². The van der Waals surface area contributed by atoms with Crippen LogP contribution in [-0.4, -0.2) is 21.6 Å². The summed E-state index contributed by atoms with van der Waals surface area (Å²) < 4.78 is 32.6. The zero-order valence-electron chi connectivity index (χ0n) is 12.1. The van der Waals surface area contributed by atoms with E-state index in [4.69, 9.17) is 4.74 Å². The highest BCUT2D eigenvalue weighted by molar-refractivity contribution is 7.91. The quantitative estimate of drug-likeness (QED) is 0.796. The summed E-state index contributed by atoms with van der Waals surface area (Å²) in [5, 5.41) is 0. The molecule has 6 heteroatoms. The van der Waals surface area contributed by atoms with Gasteiger partial charge in [-0.3, -0.25) is 0 Å². The lowest BCUT2D eigenvalue weighted by atomic mass is 10.1. The van der Waals surface area contributed by atoms with E-state index >= 15 is 0 Å². The number of ether oxygens (including phenoxy) is 1. The van der Waals surface area contributed by atoms with Crippen molar-refractivity contribution in [2.75, 3.05) is 13.2 Å². The molecular formula is C15H19NO3S2. The first kappa shape index (κ1) is 16.0. The van der Waals surface area contributed by atoms with E-state index in [1.165, 1.54) is 11.3 Å². The molecule has 1 aromatic carbocycles. The lowest BCUT2D eigenvalue weighted by Crippen LogP contribution is -2.27. The minimum Gasteiger partial charge on any atom is -0.492 e. The first-order chi connectivity index (χ1) is 10.0. The van der Waals surface area contributed by atoms with Gasteiger partial charge in [0, 0.05) is 11.4 Å². The second-order valence-electron chi connectivity index (χ2n) is 4.57. The van der Waals surface area contributed by atoms with Gasteiger partial charge in [-0.15, -0.1) is 11.3 Å². The van der Waals surface area contributed by atoms with Gasteiger partial charge in [0.2, 0.25) is 10.0 Å². The summed E-state index contributed by atoms with van der Waals surface area (Å²) in [5.41, 5.74) is 1.12. The van der Waals surface area contributed by atoms with Crippen molar-refractivity contribution in [3.63, 3.8) is 0 Å². The van der Waals surface area contributed by atoms with Crippen molar-refractivity contribution in [2.45, 2.75) is 24.5 Å². The number of para-hydroxylation sites is 1. The summed E-state index contributed by atoms with van der Waals surface area (Å²) in [6.07, 6.45) is 0.885. The molecule has 0 radical (unpaired) electrons. The molecule has 2 aromatic rings. The summed E-state index contributed by atoms with van der Waals surface area (Å²) in [4.78, 5) is 0.975. The summed E-state index contributed by atoms with van der Waals surface area (Å²) in [6.45, 7) is 4.50. The number of aryl methyl sites for hydroxylation is 2. The molecule has 0 saturated carbocycles. The Kier molecular flexibility index (Phi) is 5.39. The van der Waals surface area contributed by atoms with Crippen LogP contribution in [-0.2, 0) is 16.4 Å². The van der Waals surface area contributed by atoms with Crippen LogP contribution in [0.1, 0.15) is 17.4 Å². The Hall–Kier alpha value is -1.37. The van der Waals surface area contributed by atoms with Gasteiger partial charge < -0.3 is 4.74 Å². The van der Waals surface area contributed by atoms with Crippen molar-refractivity contribution < 1.29 is 13.2 Å². The third-order valence-electron chi connectivity index (χ3n) is 2.99. The molecule has 0 fully saturated rings. The van der Waals surface area contributed by atoms with E-state index in [1.807, 2.05) is 31.2 Å². The van der Waals surface area contributed by atoms with Crippen LogP contribution >= 0.6 is 11.3 Å². The first-order valence-electron chi connectivity index (χ1n) is 6.79. The smallest absolute Gasteiger partial charge is 0.250 e. The normalized spacial score (nSPS) is 11.5. The summed E-state index contributed by atoms with van der Waals surface area (Å²) in [7, 11) is -3.42. The second kappa shape index (κ2) is 7.06. The van der Waals surface area contributed by atoms with Crippen molar-refractivity contribution in [1.29, 1.82) is 0 Å². The van der Waals surface area contributed by atoms with Crippen LogP contribution in [0.25, 0.3) is 0 Å². The number of hydrogen-bond acceptors (Lipinski definition) is 4. The van der Waals surface area contributed by atoms with Crippen molar-refractivity contribution in [3.8, 4) is 5.75 Å². The molecule has 1 heterocycles. The zero-order chi connectivity index (χ0) is 15.3. The summed E-state index contributed by atoms with van der Waals surface area (Å²) in [5.74, 6) is 0.811. The van der Waals surface area contributed by atoms with Gasteiger partial charge in [-0.2, -0.15) is 0 Å². The van der Waals surface area contributed by atoms with Crippen LogP contribution in [0.4, 0.5) is 0 Å². The van der Waals surface area contributed by atoms with E-state index in [-0.39, 0.29) is 6.54 Å². The first-order valence-corrected chi connectivity index (χ1v) is 9.09. The lowest BCUT2D eigenvalue weighted by molar-refractivity contribution is 0.320. The van der Waals surface area contributed by atoms with Gasteiger partial charge in [-0.25, -0.2) is 13.1 Å². The average Bonchev–Trinajstić information content (AvgIpc) is 2.91. The average molecular weight is 325 g/mol. The third-order valence-corrected chi connectivity index (χ3v) is 5.94. The number of sulfonamides is 1. The van der Waals surface area contributed by atoms with Crippen molar-refractivity contribution in [1.82, 2.24) is 4.72 Å². The zero-order valence-corrected chi connectivity index (χ0v) is 13.8. The monoisotopic (exact) mass is 325 g/mol. The molecule has 2 rings (SSSR count). The predicted molar refractivity (Wildman–Crippen MR) is 85.6 cm³/mol. The third kappa shape index (κ3) is 4.30. The Morgan fingerprint density at radius 2 is 1.95 bits per heavy atom. The Morgan fingerprint density at radius 1 is 1.19 bits per heavy atom. The maximum Gasteiger partial charge on any atom is 0.250 e. The molecule has 0 amide bonds. The Labute approximate surface area is 129 Å². The molecule has 1 aromatic heterocycles. The minimum absolute atomic E-state index is 0.247. The molecule has 0 aliphatic carbocycles. The fraction of sp³-hybridized carbons (Fsp3) is 0.333. The highest BCUT2D eigenvalue weighted by atomic mass is 32.2. The minimum atomic E-state index is -3.42. The van der Waals surface area contributed by atoms with Crippen LogP contribution in [0.15, 0.2) is 40.6 Å². The van der Waals surface area contributed by atoms with E-state index in [9.17, 15) is 8.42 Å². The Bertz CT molecular complexity index is 692. The molecule has 114 valence electrons. The topological polar surface area (TPSA) is 55.4 Å². The van der Waals surface area contributed by atoms with Crippen molar-refractivity contribution in [2.24, 2.45) is 0 Å². The molecule has 0 aliphatic rings. The number of hydrogen-bond donors (Lipinski definition) is 1. The molecular weight excluding hydrogens is 306 g/mol. The number of nitrogens with one attached hydrogen (secondary N) is 1. The number of thiophene rings is 1. The highest BCUT2D eigenvalue weighted by Gasteiger charge is 2.15. The maximum atomic E-state index is 12.0. The van der Waals surface area contributed by atoms with E-state index < -0.39 is 10.0 Å². The Balaban J connectivity index is 1.87. The van der Waals surface area contributed by atoms with Crippen LogP contribution in [0, 0.1) is 6.92 Å². The molecule has 0 atom stereocenters. The number of rotatable bonds is 7. The molecule has 0 spiro atoms. The molecule has 1 N–H and O–H groups in total.